The summed E-state index contributed by atoms with van der Waals surface area (Å²) in [5.41, 5.74) is -0.451. The number of rotatable bonds is 3. The van der Waals surface area contributed by atoms with Crippen molar-refractivity contribution in [3.63, 3.8) is 0 Å². The van der Waals surface area contributed by atoms with Crippen molar-refractivity contribution in [3.05, 3.63) is 23.8 Å². The molecule has 20 heavy (non-hydrogen) atoms. The van der Waals surface area contributed by atoms with Gasteiger partial charge in [-0.1, -0.05) is 6.07 Å². The molecule has 2 N–H and O–H groups in total. The minimum Gasteiger partial charge on any atom is -0.287 e. The number of aliphatic imine (C=N–C) groups is 1. The highest BCUT2D eigenvalue weighted by Crippen LogP contribution is 2.20. The lowest BCUT2D eigenvalue weighted by molar-refractivity contribution is 0.481. The van der Waals surface area contributed by atoms with Crippen LogP contribution in [0, 0.1) is 0 Å². The van der Waals surface area contributed by atoms with E-state index < -0.39 is 35.6 Å². The molecular formula is C11H15NO6S2. The van der Waals surface area contributed by atoms with Gasteiger partial charge in [-0.2, -0.15) is 16.8 Å². The van der Waals surface area contributed by atoms with Crippen molar-refractivity contribution in [2.24, 2.45) is 4.99 Å². The Morgan fingerprint density at radius 3 is 2.00 bits per heavy atom. The molecule has 0 saturated carbocycles. The zero-order valence-corrected chi connectivity index (χ0v) is 12.7. The van der Waals surface area contributed by atoms with Crippen molar-refractivity contribution < 1.29 is 25.9 Å². The summed E-state index contributed by atoms with van der Waals surface area (Å²) in [4.78, 5) is 2.82. The van der Waals surface area contributed by atoms with Gasteiger partial charge >= 0.3 is 0 Å². The molecule has 0 bridgehead atoms. The first-order valence-electron chi connectivity index (χ1n) is 5.45. The molecule has 0 aliphatic rings. The van der Waals surface area contributed by atoms with E-state index >= 15 is 0 Å². The van der Waals surface area contributed by atoms with E-state index in [1.807, 2.05) is 0 Å². The monoisotopic (exact) mass is 321 g/mol. The molecule has 1 aromatic carbocycles. The van der Waals surface area contributed by atoms with E-state index in [1.54, 1.807) is 20.8 Å². The largest absolute Gasteiger partial charge is 0.295 e. The fourth-order valence-electron chi connectivity index (χ4n) is 1.27. The second-order valence-electron chi connectivity index (χ2n) is 5.08. The summed E-state index contributed by atoms with van der Waals surface area (Å²) in [6, 6.07) is 2.84. The van der Waals surface area contributed by atoms with Crippen molar-refractivity contribution in [3.8, 4) is 0 Å². The minimum atomic E-state index is -4.65. The third-order valence-electron chi connectivity index (χ3n) is 2.15. The normalized spacial score (nSPS) is 13.8. The molecule has 1 aromatic rings. The van der Waals surface area contributed by atoms with Crippen LogP contribution >= 0.6 is 0 Å². The predicted molar refractivity (Wildman–Crippen MR) is 73.4 cm³/mol. The average Bonchev–Trinajstić information content (AvgIpc) is 2.22. The second kappa shape index (κ2) is 5.24. The average molecular weight is 321 g/mol. The fraction of sp³-hybridized carbons (Fsp3) is 0.364. The summed E-state index contributed by atoms with van der Waals surface area (Å²) >= 11 is 0. The topological polar surface area (TPSA) is 121 Å². The number of hydrogen-bond donors (Lipinski definition) is 2. The molecule has 0 aliphatic carbocycles. The summed E-state index contributed by atoms with van der Waals surface area (Å²) < 4.78 is 62.5. The Bertz CT molecular complexity index is 742. The van der Waals surface area contributed by atoms with Gasteiger partial charge in [-0.3, -0.25) is 14.1 Å². The maximum atomic E-state index is 11.3. The summed E-state index contributed by atoms with van der Waals surface area (Å²) in [5.74, 6) is 0. The molecule has 0 aliphatic heterocycles. The minimum absolute atomic E-state index is 0.0230. The summed E-state index contributed by atoms with van der Waals surface area (Å²) in [6.45, 7) is 5.34. The maximum Gasteiger partial charge on any atom is 0.295 e. The van der Waals surface area contributed by atoms with Crippen LogP contribution in [0.25, 0.3) is 0 Å². The quantitative estimate of drug-likeness (QED) is 0.641. The molecule has 0 fully saturated rings. The third kappa shape index (κ3) is 4.67. The molecule has 0 atom stereocenters. The Balaban J connectivity index is 3.52. The van der Waals surface area contributed by atoms with Crippen LogP contribution in [0.1, 0.15) is 26.3 Å². The second-order valence-corrected chi connectivity index (χ2v) is 7.89. The van der Waals surface area contributed by atoms with Gasteiger partial charge in [-0.05, 0) is 32.9 Å². The molecule has 0 aromatic heterocycles. The highest BCUT2D eigenvalue weighted by molar-refractivity contribution is 7.86. The first kappa shape index (κ1) is 16.8. The van der Waals surface area contributed by atoms with Crippen LogP contribution in [-0.4, -0.2) is 37.7 Å². The van der Waals surface area contributed by atoms with Gasteiger partial charge in [0.2, 0.25) is 0 Å². The van der Waals surface area contributed by atoms with Crippen LogP contribution in [0.5, 0.6) is 0 Å². The van der Waals surface area contributed by atoms with E-state index in [2.05, 4.69) is 4.99 Å². The van der Waals surface area contributed by atoms with Crippen LogP contribution < -0.4 is 0 Å². The lowest BCUT2D eigenvalue weighted by Crippen LogP contribution is -2.11. The van der Waals surface area contributed by atoms with Gasteiger partial charge in [0.05, 0.1) is 10.4 Å². The zero-order chi connectivity index (χ0) is 15.8. The highest BCUT2D eigenvalue weighted by Gasteiger charge is 2.20. The first-order chi connectivity index (χ1) is 8.81. The number of nitrogens with zero attached hydrogens (tertiary/aromatic N) is 1. The Kier molecular flexibility index (Phi) is 4.39. The van der Waals surface area contributed by atoms with Crippen LogP contribution in [0.3, 0.4) is 0 Å². The maximum absolute atomic E-state index is 11.3. The summed E-state index contributed by atoms with van der Waals surface area (Å²) in [5, 5.41) is 0. The van der Waals surface area contributed by atoms with Gasteiger partial charge in [0.25, 0.3) is 20.2 Å². The van der Waals surface area contributed by atoms with Crippen molar-refractivity contribution >= 4 is 26.5 Å². The molecule has 9 heteroatoms. The Morgan fingerprint density at radius 2 is 1.60 bits per heavy atom. The molecule has 1 rings (SSSR count). The van der Waals surface area contributed by atoms with Gasteiger partial charge in [-0.25, -0.2) is 0 Å². The molecule has 0 amide bonds. The fourth-order valence-corrected chi connectivity index (χ4v) is 2.54. The molecule has 0 spiro atoms. The van der Waals surface area contributed by atoms with Crippen LogP contribution in [0.4, 0.5) is 0 Å². The molecule has 0 radical (unpaired) electrons. The molecule has 7 nitrogen and oxygen atoms in total. The van der Waals surface area contributed by atoms with Crippen molar-refractivity contribution in [1.29, 1.82) is 0 Å². The number of hydrogen-bond acceptors (Lipinski definition) is 5. The Hall–Kier alpha value is -1.29. The highest BCUT2D eigenvalue weighted by atomic mass is 32.2. The van der Waals surface area contributed by atoms with Gasteiger partial charge in [-0.15, -0.1) is 0 Å². The molecule has 0 unspecified atom stereocenters. The summed E-state index contributed by atoms with van der Waals surface area (Å²) in [6.07, 6.45) is 1.22. The van der Waals surface area contributed by atoms with E-state index in [9.17, 15) is 16.8 Å². The van der Waals surface area contributed by atoms with Gasteiger partial charge in [0.15, 0.2) is 0 Å². The predicted octanol–water partition coefficient (Wildman–Crippen LogP) is 1.40. The lowest BCUT2D eigenvalue weighted by Gasteiger charge is -2.12. The van der Waals surface area contributed by atoms with Gasteiger partial charge < -0.3 is 0 Å². The summed E-state index contributed by atoms with van der Waals surface area (Å²) in [7, 11) is -9.22. The van der Waals surface area contributed by atoms with E-state index in [4.69, 9.17) is 9.11 Å². The molecular weight excluding hydrogens is 306 g/mol. The van der Waals surface area contributed by atoms with E-state index in [-0.39, 0.29) is 5.56 Å². The van der Waals surface area contributed by atoms with Crippen LogP contribution in [0.15, 0.2) is 33.0 Å². The smallest absolute Gasteiger partial charge is 0.287 e. The standard InChI is InChI=1S/C11H15NO6S2/c1-11(2,3)12-7-8-4-5-9(19(13,14)15)6-10(8)20(16,17)18/h4-7H,1-3H3,(H,13,14,15)(H,16,17,18). The Labute approximate surface area is 117 Å². The lowest BCUT2D eigenvalue weighted by atomic mass is 10.1. The molecule has 0 heterocycles. The van der Waals surface area contributed by atoms with E-state index in [0.29, 0.717) is 6.07 Å². The zero-order valence-electron chi connectivity index (χ0n) is 11.1. The SMILES string of the molecule is CC(C)(C)N=Cc1ccc(S(=O)(=O)O)cc1S(=O)(=O)O. The first-order valence-corrected chi connectivity index (χ1v) is 8.33. The van der Waals surface area contributed by atoms with Gasteiger partial charge in [0, 0.05) is 11.8 Å². The van der Waals surface area contributed by atoms with Crippen LogP contribution in [-0.2, 0) is 20.2 Å². The molecule has 112 valence electrons. The van der Waals surface area contributed by atoms with E-state index in [0.717, 1.165) is 12.1 Å². The van der Waals surface area contributed by atoms with Crippen LogP contribution in [0.2, 0.25) is 0 Å². The molecule has 0 saturated heterocycles. The Morgan fingerprint density at radius 1 is 1.05 bits per heavy atom. The van der Waals surface area contributed by atoms with E-state index in [1.165, 1.54) is 6.21 Å². The van der Waals surface area contributed by atoms with Gasteiger partial charge in [0.1, 0.15) is 4.90 Å². The third-order valence-corrected chi connectivity index (χ3v) is 3.91. The van der Waals surface area contributed by atoms with Crippen molar-refractivity contribution in [2.45, 2.75) is 36.1 Å². The van der Waals surface area contributed by atoms with Crippen molar-refractivity contribution in [2.75, 3.05) is 0 Å². The van der Waals surface area contributed by atoms with Crippen molar-refractivity contribution in [1.82, 2.24) is 0 Å². The number of benzene rings is 1.